The van der Waals surface area contributed by atoms with Crippen LogP contribution in [-0.2, 0) is 0 Å². The van der Waals surface area contributed by atoms with E-state index in [-0.39, 0.29) is 11.0 Å². The first-order valence-corrected chi connectivity index (χ1v) is 6.38. The quantitative estimate of drug-likeness (QED) is 0.830. The number of hydrogen-bond acceptors (Lipinski definition) is 5. The van der Waals surface area contributed by atoms with Gasteiger partial charge in [0, 0.05) is 11.1 Å². The Hall–Kier alpha value is -1.53. The fourth-order valence-electron chi connectivity index (χ4n) is 1.37. The predicted octanol–water partition coefficient (Wildman–Crippen LogP) is 2.35. The van der Waals surface area contributed by atoms with Crippen molar-refractivity contribution in [3.8, 4) is 0 Å². The van der Waals surface area contributed by atoms with Gasteiger partial charge in [0.05, 0.1) is 6.04 Å². The fraction of sp³-hybridized carbons (Fsp3) is 0.182. The summed E-state index contributed by atoms with van der Waals surface area (Å²) in [4.78, 5) is 9.89. The summed E-state index contributed by atoms with van der Waals surface area (Å²) in [6, 6.07) is 5.95. The lowest BCUT2D eigenvalue weighted by molar-refractivity contribution is 0.879. The Morgan fingerprint density at radius 3 is 3.00 bits per heavy atom. The Bertz CT molecular complexity index is 510. The zero-order valence-electron chi connectivity index (χ0n) is 9.25. The number of anilines is 1. The van der Waals surface area contributed by atoms with Crippen molar-refractivity contribution < 1.29 is 0 Å². The Morgan fingerprint density at radius 2 is 2.35 bits per heavy atom. The van der Waals surface area contributed by atoms with Gasteiger partial charge < -0.3 is 11.1 Å². The molecule has 17 heavy (non-hydrogen) atoms. The number of thiophene rings is 1. The van der Waals surface area contributed by atoms with Crippen molar-refractivity contribution in [3.63, 3.8) is 0 Å². The average molecular weight is 264 g/mol. The van der Waals surface area contributed by atoms with Crippen molar-refractivity contribution in [3.05, 3.63) is 40.3 Å². The second-order valence-electron chi connectivity index (χ2n) is 3.51. The van der Waals surface area contributed by atoms with Gasteiger partial charge >= 0.3 is 0 Å². The molecule has 0 saturated heterocycles. The van der Waals surface area contributed by atoms with Gasteiger partial charge in [-0.25, -0.2) is 9.97 Å². The highest BCUT2D eigenvalue weighted by molar-refractivity contribution is 7.80. The third-order valence-electron chi connectivity index (χ3n) is 2.22. The number of nitrogens with two attached hydrogens (primary N) is 1. The van der Waals surface area contributed by atoms with Gasteiger partial charge in [-0.2, -0.15) is 0 Å². The molecule has 4 nitrogen and oxygen atoms in total. The average Bonchev–Trinajstić information content (AvgIpc) is 2.82. The molecule has 0 radical (unpaired) electrons. The summed E-state index contributed by atoms with van der Waals surface area (Å²) in [5.74, 6) is 0.538. The van der Waals surface area contributed by atoms with Crippen molar-refractivity contribution in [2.75, 3.05) is 5.32 Å². The zero-order valence-corrected chi connectivity index (χ0v) is 10.9. The molecule has 1 unspecified atom stereocenters. The van der Waals surface area contributed by atoms with Crippen LogP contribution in [0.3, 0.4) is 0 Å². The van der Waals surface area contributed by atoms with Crippen molar-refractivity contribution in [2.45, 2.75) is 13.0 Å². The summed E-state index contributed by atoms with van der Waals surface area (Å²) in [5.41, 5.74) is 6.10. The van der Waals surface area contributed by atoms with E-state index in [9.17, 15) is 0 Å². The number of hydrogen-bond donors (Lipinski definition) is 2. The van der Waals surface area contributed by atoms with Crippen LogP contribution in [0.15, 0.2) is 29.8 Å². The van der Waals surface area contributed by atoms with Crippen molar-refractivity contribution in [1.29, 1.82) is 0 Å². The molecule has 0 spiro atoms. The van der Waals surface area contributed by atoms with Crippen LogP contribution in [-0.4, -0.2) is 15.0 Å². The molecule has 2 rings (SSSR count). The smallest absolute Gasteiger partial charge is 0.223 e. The van der Waals surface area contributed by atoms with E-state index >= 15 is 0 Å². The molecule has 1 atom stereocenters. The third kappa shape index (κ3) is 2.98. The van der Waals surface area contributed by atoms with E-state index in [4.69, 9.17) is 18.0 Å². The minimum absolute atomic E-state index is 0.164. The molecule has 0 aliphatic rings. The van der Waals surface area contributed by atoms with E-state index in [2.05, 4.69) is 28.3 Å². The molecule has 6 heteroatoms. The van der Waals surface area contributed by atoms with Gasteiger partial charge in [0.25, 0.3) is 0 Å². The molecule has 0 amide bonds. The normalized spacial score (nSPS) is 12.1. The molecule has 0 saturated carbocycles. The maximum Gasteiger partial charge on any atom is 0.223 e. The SMILES string of the molecule is CC(Nc1nccc(C(N)=S)n1)c1cccs1. The first-order valence-electron chi connectivity index (χ1n) is 5.09. The highest BCUT2D eigenvalue weighted by atomic mass is 32.1. The van der Waals surface area contributed by atoms with E-state index in [1.54, 1.807) is 23.6 Å². The van der Waals surface area contributed by atoms with Crippen molar-refractivity contribution in [2.24, 2.45) is 5.73 Å². The summed E-state index contributed by atoms with van der Waals surface area (Å²) in [7, 11) is 0. The lowest BCUT2D eigenvalue weighted by atomic mass is 10.3. The zero-order chi connectivity index (χ0) is 12.3. The lowest BCUT2D eigenvalue weighted by Crippen LogP contribution is -2.14. The van der Waals surface area contributed by atoms with Crippen LogP contribution in [0.25, 0.3) is 0 Å². The van der Waals surface area contributed by atoms with Gasteiger partial charge in [0.2, 0.25) is 5.95 Å². The van der Waals surface area contributed by atoms with Crippen LogP contribution in [0.5, 0.6) is 0 Å². The molecular weight excluding hydrogens is 252 g/mol. The predicted molar refractivity (Wildman–Crippen MR) is 74.3 cm³/mol. The van der Waals surface area contributed by atoms with Gasteiger partial charge in [-0.1, -0.05) is 18.3 Å². The summed E-state index contributed by atoms with van der Waals surface area (Å²) < 4.78 is 0. The van der Waals surface area contributed by atoms with E-state index in [1.165, 1.54) is 4.88 Å². The van der Waals surface area contributed by atoms with Crippen molar-refractivity contribution in [1.82, 2.24) is 9.97 Å². The summed E-state index contributed by atoms with van der Waals surface area (Å²) >= 11 is 6.57. The van der Waals surface area contributed by atoms with Crippen LogP contribution in [0.1, 0.15) is 23.5 Å². The second-order valence-corrected chi connectivity index (χ2v) is 4.93. The van der Waals surface area contributed by atoms with E-state index in [0.717, 1.165) is 0 Å². The molecule has 0 bridgehead atoms. The highest BCUT2D eigenvalue weighted by Crippen LogP contribution is 2.21. The summed E-state index contributed by atoms with van der Waals surface area (Å²) in [6.45, 7) is 2.06. The number of nitrogens with zero attached hydrogens (tertiary/aromatic N) is 2. The third-order valence-corrected chi connectivity index (χ3v) is 3.49. The molecule has 0 aliphatic heterocycles. The topological polar surface area (TPSA) is 63.8 Å². The molecule has 0 fully saturated rings. The minimum Gasteiger partial charge on any atom is -0.388 e. The van der Waals surface area contributed by atoms with Crippen LogP contribution in [0.4, 0.5) is 5.95 Å². The second kappa shape index (κ2) is 5.20. The van der Waals surface area contributed by atoms with Gasteiger partial charge in [0.15, 0.2) is 0 Å². The lowest BCUT2D eigenvalue weighted by Gasteiger charge is -2.12. The first kappa shape index (κ1) is 11.9. The van der Waals surface area contributed by atoms with Crippen LogP contribution < -0.4 is 11.1 Å². The number of thiocarbonyl (C=S) groups is 1. The number of rotatable bonds is 4. The summed E-state index contributed by atoms with van der Waals surface area (Å²) in [5, 5.41) is 5.25. The number of nitrogens with one attached hydrogen (secondary N) is 1. The standard InChI is InChI=1S/C11H12N4S2/c1-7(9-3-2-6-17-9)14-11-13-5-4-8(15-11)10(12)16/h2-7H,1H3,(H2,12,16)(H,13,14,15). The molecule has 2 aromatic heterocycles. The molecule has 3 N–H and O–H groups in total. The minimum atomic E-state index is 0.164. The van der Waals surface area contributed by atoms with Crippen LogP contribution in [0, 0.1) is 0 Å². The van der Waals surface area contributed by atoms with Gasteiger partial charge in [-0.3, -0.25) is 0 Å². The molecule has 2 aromatic rings. The Morgan fingerprint density at radius 1 is 1.53 bits per heavy atom. The van der Waals surface area contributed by atoms with E-state index < -0.39 is 0 Å². The van der Waals surface area contributed by atoms with Gasteiger partial charge in [-0.05, 0) is 24.4 Å². The monoisotopic (exact) mass is 264 g/mol. The van der Waals surface area contributed by atoms with Gasteiger partial charge in [0.1, 0.15) is 10.7 Å². The largest absolute Gasteiger partial charge is 0.388 e. The first-order chi connectivity index (χ1) is 8.16. The molecule has 88 valence electrons. The maximum absolute atomic E-state index is 5.52. The Kier molecular flexibility index (Phi) is 3.65. The molecular formula is C11H12N4S2. The van der Waals surface area contributed by atoms with E-state index in [1.807, 2.05) is 11.4 Å². The van der Waals surface area contributed by atoms with Crippen LogP contribution >= 0.6 is 23.6 Å². The highest BCUT2D eigenvalue weighted by Gasteiger charge is 2.08. The fourth-order valence-corrected chi connectivity index (χ4v) is 2.22. The number of aromatic nitrogens is 2. The Balaban J connectivity index is 2.13. The van der Waals surface area contributed by atoms with Crippen molar-refractivity contribution >= 4 is 34.5 Å². The maximum atomic E-state index is 5.52. The van der Waals surface area contributed by atoms with Crippen LogP contribution in [0.2, 0.25) is 0 Å². The molecule has 2 heterocycles. The molecule has 0 aliphatic carbocycles. The van der Waals surface area contributed by atoms with Gasteiger partial charge in [-0.15, -0.1) is 11.3 Å². The summed E-state index contributed by atoms with van der Waals surface area (Å²) in [6.07, 6.45) is 1.64. The van der Waals surface area contributed by atoms with E-state index in [0.29, 0.717) is 11.6 Å². The molecule has 0 aromatic carbocycles. The Labute approximate surface area is 109 Å².